The number of hydrogen-bond acceptors (Lipinski definition) is 5. The zero-order valence-corrected chi connectivity index (χ0v) is 17.2. The van der Waals surface area contributed by atoms with E-state index in [0.717, 1.165) is 12.2 Å². The molecule has 0 saturated carbocycles. The Morgan fingerprint density at radius 1 is 1.00 bits per heavy atom. The Bertz CT molecular complexity index is 1000. The number of nitrogens with zero attached hydrogens (tertiary/aromatic N) is 1. The topological polar surface area (TPSA) is 79.2 Å². The van der Waals surface area contributed by atoms with Crippen LogP contribution in [-0.2, 0) is 9.53 Å². The van der Waals surface area contributed by atoms with E-state index in [1.54, 1.807) is 0 Å². The number of anilines is 1. The van der Waals surface area contributed by atoms with Gasteiger partial charge in [-0.1, -0.05) is 0 Å². The maximum atomic E-state index is 13.9. The number of thiophene rings is 1. The van der Waals surface area contributed by atoms with Gasteiger partial charge in [0.25, 0.3) is 0 Å². The normalized spacial score (nSPS) is 13.6. The molecule has 1 amide bonds. The van der Waals surface area contributed by atoms with E-state index >= 15 is 0 Å². The Morgan fingerprint density at radius 2 is 1.50 bits per heavy atom. The smallest absolute Gasteiger partial charge is 0.393 e. The molecule has 0 aliphatic rings. The zero-order chi connectivity index (χ0) is 27.1. The van der Waals surface area contributed by atoms with Gasteiger partial charge in [-0.2, -0.15) is 49.2 Å². The number of carbonyl (C=O) groups excluding carboxylic acids is 2. The summed E-state index contributed by atoms with van der Waals surface area (Å²) in [7, 11) is 0. The van der Waals surface area contributed by atoms with Gasteiger partial charge in [0.2, 0.25) is 0 Å². The first-order chi connectivity index (χ1) is 15.2. The van der Waals surface area contributed by atoms with Crippen LogP contribution in [0.1, 0.15) is 27.7 Å². The van der Waals surface area contributed by atoms with Crippen molar-refractivity contribution in [3.63, 3.8) is 0 Å². The van der Waals surface area contributed by atoms with Crippen LogP contribution in [0.15, 0.2) is 0 Å². The van der Waals surface area contributed by atoms with Crippen LogP contribution in [0, 0.1) is 18.3 Å². The van der Waals surface area contributed by atoms with Crippen LogP contribution in [0.2, 0.25) is 0 Å². The average molecular weight is 538 g/mol. The molecule has 5 nitrogen and oxygen atoms in total. The van der Waals surface area contributed by atoms with Crippen molar-refractivity contribution in [3.8, 4) is 6.07 Å². The summed E-state index contributed by atoms with van der Waals surface area (Å²) in [6, 6.07) is 1.27. The first-order valence-electron chi connectivity index (χ1n) is 8.35. The van der Waals surface area contributed by atoms with Crippen LogP contribution < -0.4 is 5.32 Å². The van der Waals surface area contributed by atoms with E-state index in [9.17, 15) is 62.3 Å². The van der Waals surface area contributed by atoms with Crippen molar-refractivity contribution in [1.29, 1.82) is 5.26 Å². The molecule has 0 aromatic carbocycles. The first kappa shape index (κ1) is 29.3. The van der Waals surface area contributed by atoms with Crippen molar-refractivity contribution >= 4 is 28.2 Å². The molecule has 18 heteroatoms. The largest absolute Gasteiger partial charge is 0.462 e. The summed E-state index contributed by atoms with van der Waals surface area (Å²) in [4.78, 5) is 22.9. The average Bonchev–Trinajstić information content (AvgIpc) is 3.02. The summed E-state index contributed by atoms with van der Waals surface area (Å²) in [6.45, 7) is 2.09. The molecule has 34 heavy (non-hydrogen) atoms. The summed E-state index contributed by atoms with van der Waals surface area (Å²) in [5.41, 5.74) is -1.16. The van der Waals surface area contributed by atoms with Crippen LogP contribution in [0.25, 0.3) is 0 Å². The van der Waals surface area contributed by atoms with Crippen LogP contribution in [-0.4, -0.2) is 54.5 Å². The molecular weight excluding hydrogens is 528 g/mol. The van der Waals surface area contributed by atoms with E-state index in [0.29, 0.717) is 0 Å². The Kier molecular flexibility index (Phi) is 7.89. The van der Waals surface area contributed by atoms with Crippen molar-refractivity contribution in [2.45, 2.75) is 49.9 Å². The molecule has 1 N–H and O–H groups in total. The quantitative estimate of drug-likeness (QED) is 0.334. The lowest BCUT2D eigenvalue weighted by molar-refractivity contribution is -0.406. The van der Waals surface area contributed by atoms with Gasteiger partial charge in [-0.05, 0) is 19.4 Å². The lowest BCUT2D eigenvalue weighted by atomic mass is 9.94. The highest BCUT2D eigenvalue weighted by Gasteiger charge is 2.89. The number of ether oxygens (including phenoxy) is 1. The number of alkyl halides is 12. The summed E-state index contributed by atoms with van der Waals surface area (Å²) in [5, 5.41) is 8.76. The number of hydrogen-bond donors (Lipinski definition) is 1. The molecule has 0 unspecified atom stereocenters. The molecule has 1 aromatic heterocycles. The van der Waals surface area contributed by atoms with Crippen molar-refractivity contribution in [2.75, 3.05) is 11.9 Å². The number of nitriles is 1. The lowest BCUT2D eigenvalue weighted by Gasteiger charge is -2.38. The first-order valence-corrected chi connectivity index (χ1v) is 9.17. The molecule has 1 heterocycles. The number of nitrogens with one attached hydrogen (secondary N) is 1. The molecule has 0 aliphatic heterocycles. The standard InChI is InChI=1S/C16H10F12N2O3S/c1-3-33-9(31)7-5(2)6(4-29)8(34-7)30-11(32)13(21,22)15(25,26)16(27,28)14(23,24)12(19,20)10(17)18/h10H,3H2,1-2H3,(H,30,32). The minimum atomic E-state index is -7.89. The van der Waals surface area contributed by atoms with Crippen molar-refractivity contribution in [2.24, 2.45) is 0 Å². The van der Waals surface area contributed by atoms with Gasteiger partial charge in [-0.25, -0.2) is 13.6 Å². The molecule has 192 valence electrons. The van der Waals surface area contributed by atoms with E-state index < -0.39 is 63.4 Å². The maximum Gasteiger partial charge on any atom is 0.393 e. The fourth-order valence-electron chi connectivity index (χ4n) is 2.19. The Morgan fingerprint density at radius 3 is 1.91 bits per heavy atom. The summed E-state index contributed by atoms with van der Waals surface area (Å²) < 4.78 is 163. The lowest BCUT2D eigenvalue weighted by Crippen LogP contribution is -2.70. The highest BCUT2D eigenvalue weighted by molar-refractivity contribution is 7.18. The van der Waals surface area contributed by atoms with E-state index in [-0.39, 0.29) is 23.5 Å². The van der Waals surface area contributed by atoms with Gasteiger partial charge in [0.1, 0.15) is 15.9 Å². The second-order valence-electron chi connectivity index (χ2n) is 6.27. The van der Waals surface area contributed by atoms with Crippen LogP contribution >= 0.6 is 11.3 Å². The van der Waals surface area contributed by atoms with Crippen LogP contribution in [0.5, 0.6) is 0 Å². The highest BCUT2D eigenvalue weighted by Crippen LogP contribution is 2.58. The van der Waals surface area contributed by atoms with E-state index in [4.69, 9.17) is 5.26 Å². The third-order valence-corrected chi connectivity index (χ3v) is 5.29. The fourth-order valence-corrected chi connectivity index (χ4v) is 3.24. The molecular formula is C16H10F12N2O3S. The van der Waals surface area contributed by atoms with E-state index in [2.05, 4.69) is 4.74 Å². The molecule has 0 saturated heterocycles. The second-order valence-corrected chi connectivity index (χ2v) is 7.29. The Hall–Kier alpha value is -2.71. The number of halogens is 12. The molecule has 0 atom stereocenters. The molecule has 0 bridgehead atoms. The summed E-state index contributed by atoms with van der Waals surface area (Å²) in [6.07, 6.45) is -5.68. The molecule has 0 fully saturated rings. The Balaban J connectivity index is 3.48. The fraction of sp³-hybridized carbons (Fsp3) is 0.562. The molecule has 1 rings (SSSR count). The van der Waals surface area contributed by atoms with Crippen molar-refractivity contribution < 1.29 is 67.0 Å². The monoisotopic (exact) mass is 538 g/mol. The van der Waals surface area contributed by atoms with Gasteiger partial charge in [0, 0.05) is 0 Å². The van der Waals surface area contributed by atoms with Gasteiger partial charge in [0.15, 0.2) is 0 Å². The summed E-state index contributed by atoms with van der Waals surface area (Å²) in [5.74, 6) is -42.1. The SMILES string of the molecule is CCOC(=O)c1sc(NC(=O)C(F)(F)C(F)(F)C(F)(F)C(F)(F)C(F)(F)C(F)F)c(C#N)c1C. The third-order valence-electron chi connectivity index (χ3n) is 4.11. The minimum absolute atomic E-state index is 0.0270. The van der Waals surface area contributed by atoms with Crippen molar-refractivity contribution in [1.82, 2.24) is 0 Å². The molecule has 1 aromatic rings. The second kappa shape index (κ2) is 9.15. The maximum absolute atomic E-state index is 13.9. The van der Waals surface area contributed by atoms with Gasteiger partial charge >= 0.3 is 47.9 Å². The van der Waals surface area contributed by atoms with Crippen molar-refractivity contribution in [3.05, 3.63) is 16.0 Å². The predicted octanol–water partition coefficient (Wildman–Crippen LogP) is 5.49. The number of amides is 1. The van der Waals surface area contributed by atoms with E-state index in [1.165, 1.54) is 13.0 Å². The van der Waals surface area contributed by atoms with E-state index in [1.807, 2.05) is 0 Å². The van der Waals surface area contributed by atoms with Gasteiger partial charge in [-0.3, -0.25) is 4.79 Å². The molecule has 0 aliphatic carbocycles. The minimum Gasteiger partial charge on any atom is -0.462 e. The zero-order valence-electron chi connectivity index (χ0n) is 16.4. The number of esters is 1. The number of rotatable bonds is 9. The van der Waals surface area contributed by atoms with Gasteiger partial charge in [-0.15, -0.1) is 11.3 Å². The summed E-state index contributed by atoms with van der Waals surface area (Å²) >= 11 is -0.0270. The molecule has 0 spiro atoms. The van der Waals surface area contributed by atoms with Crippen LogP contribution in [0.3, 0.4) is 0 Å². The van der Waals surface area contributed by atoms with Crippen LogP contribution in [0.4, 0.5) is 57.7 Å². The Labute approximate surface area is 185 Å². The molecule has 0 radical (unpaired) electrons. The predicted molar refractivity (Wildman–Crippen MR) is 89.1 cm³/mol. The third kappa shape index (κ3) is 4.25. The van der Waals surface area contributed by atoms with Gasteiger partial charge in [0.05, 0.1) is 12.2 Å². The number of carbonyl (C=O) groups is 2. The van der Waals surface area contributed by atoms with Gasteiger partial charge < -0.3 is 10.1 Å². The highest BCUT2D eigenvalue weighted by atomic mass is 32.1.